The standard InChI is InChI=1S/C39H118O18Si19/c1-58(40-59(2,3)4)41-61(8,9)43-63(12,13)45-65(16,17)47-67(20,21)49-69(24,25)51-71(28,29)53-73(32,33)55-75(36,37)57-76(38,39)56-74(34,35)54-72(30,31)52-70(26,27)50-68(22,23)48-66(18,19)46-64(14,15)44-62(10,11)42-60(5,6)7/h58H,1-39H3. The molecule has 0 N–H and O–H groups in total. The lowest BCUT2D eigenvalue weighted by Crippen LogP contribution is -2.63. The largest absolute Gasteiger partial charge is 0.439 e. The summed E-state index contributed by atoms with van der Waals surface area (Å²) in [5, 5.41) is 0. The van der Waals surface area contributed by atoms with Crippen LogP contribution < -0.4 is 0 Å². The van der Waals surface area contributed by atoms with Gasteiger partial charge in [-0.05, 0) is 255 Å². The zero-order valence-corrected chi connectivity index (χ0v) is 75.1. The summed E-state index contributed by atoms with van der Waals surface area (Å²) in [6, 6.07) is 0. The van der Waals surface area contributed by atoms with Crippen molar-refractivity contribution in [2.24, 2.45) is 0 Å². The van der Waals surface area contributed by atoms with Crippen molar-refractivity contribution in [1.82, 2.24) is 0 Å². The van der Waals surface area contributed by atoms with Crippen LogP contribution in [0.1, 0.15) is 0 Å². The van der Waals surface area contributed by atoms with E-state index in [0.717, 1.165) is 0 Å². The summed E-state index contributed by atoms with van der Waals surface area (Å²) in [5.74, 6) is 0. The minimum atomic E-state index is -2.84. The maximum atomic E-state index is 6.93. The topological polar surface area (TPSA) is 166 Å². The fourth-order valence-electron chi connectivity index (χ4n) is 10.9. The van der Waals surface area contributed by atoms with Gasteiger partial charge in [-0.2, -0.15) is 0 Å². The maximum Gasteiger partial charge on any atom is 0.314 e. The quantitative estimate of drug-likeness (QED) is 0.0543. The van der Waals surface area contributed by atoms with Crippen molar-refractivity contribution >= 4 is 163 Å². The van der Waals surface area contributed by atoms with Gasteiger partial charge in [-0.3, -0.25) is 0 Å². The van der Waals surface area contributed by atoms with E-state index in [4.69, 9.17) is 74.1 Å². The molecule has 0 saturated carbocycles. The van der Waals surface area contributed by atoms with E-state index in [1.165, 1.54) is 0 Å². The Balaban J connectivity index is 5.77. The van der Waals surface area contributed by atoms with Crippen LogP contribution in [0.4, 0.5) is 0 Å². The van der Waals surface area contributed by atoms with Gasteiger partial charge in [0.2, 0.25) is 0 Å². The van der Waals surface area contributed by atoms with Crippen LogP contribution in [-0.4, -0.2) is 163 Å². The SMILES string of the molecule is C[SiH](O[Si](C)(C)C)O[Si](C)(C)O[Si](C)(C)O[Si](C)(C)O[Si](C)(C)O[Si](C)(C)O[Si](C)(C)O[Si](C)(C)O[Si](C)(C)O[Si](C)(C)O[Si](C)(C)O[Si](C)(C)O[Si](C)(C)O[Si](C)(C)O[Si](C)(C)O[Si](C)(C)O[Si](C)(C)O[Si](C)(C)C. The molecule has 1 unspecified atom stereocenters. The first-order chi connectivity index (χ1) is 32.4. The van der Waals surface area contributed by atoms with Gasteiger partial charge in [0.25, 0.3) is 9.28 Å². The molecule has 458 valence electrons. The highest BCUT2D eigenvalue weighted by molar-refractivity contribution is 6.95. The Labute approximate surface area is 488 Å². The van der Waals surface area contributed by atoms with Crippen LogP contribution >= 0.6 is 0 Å². The van der Waals surface area contributed by atoms with E-state index in [0.29, 0.717) is 0 Å². The summed E-state index contributed by atoms with van der Waals surface area (Å²) in [6.45, 7) is 81.3. The van der Waals surface area contributed by atoms with Gasteiger partial charge in [0.05, 0.1) is 0 Å². The van der Waals surface area contributed by atoms with Gasteiger partial charge < -0.3 is 74.1 Å². The predicted octanol–water partition coefficient (Wildman–Crippen LogP) is 14.0. The monoisotopic (exact) mass is 1410 g/mol. The van der Waals surface area contributed by atoms with Crippen LogP contribution in [0, 0.1) is 0 Å². The molecule has 0 spiro atoms. The average molecular weight is 1410 g/mol. The zero-order valence-electron chi connectivity index (χ0n) is 55.9. The van der Waals surface area contributed by atoms with Crippen molar-refractivity contribution in [3.8, 4) is 0 Å². The van der Waals surface area contributed by atoms with Gasteiger partial charge in [-0.15, -0.1) is 0 Å². The molecule has 76 heavy (non-hydrogen) atoms. The molecule has 0 aliphatic heterocycles. The molecule has 0 radical (unpaired) electrons. The molecular weight excluding hydrogens is 1290 g/mol. The fraction of sp³-hybridized carbons (Fsp3) is 1.00. The second-order valence-electron chi connectivity index (χ2n) is 29.1. The summed E-state index contributed by atoms with van der Waals surface area (Å²) >= 11 is 0. The fourth-order valence-corrected chi connectivity index (χ4v) is 104. The van der Waals surface area contributed by atoms with Crippen molar-refractivity contribution in [3.63, 3.8) is 0 Å². The molecule has 18 nitrogen and oxygen atoms in total. The Morgan fingerprint density at radius 1 is 0.145 bits per heavy atom. The van der Waals surface area contributed by atoms with E-state index in [9.17, 15) is 0 Å². The van der Waals surface area contributed by atoms with E-state index < -0.39 is 163 Å². The normalized spacial score (nSPS) is 16.5. The number of rotatable bonds is 36. The van der Waals surface area contributed by atoms with Crippen molar-refractivity contribution < 1.29 is 74.1 Å². The second kappa shape index (κ2) is 26.8. The summed E-state index contributed by atoms with van der Waals surface area (Å²) in [7, 11) is -49.1. The Morgan fingerprint density at radius 2 is 0.263 bits per heavy atom. The third-order valence-electron chi connectivity index (χ3n) is 8.89. The molecule has 0 saturated heterocycles. The molecule has 0 aliphatic carbocycles. The van der Waals surface area contributed by atoms with Gasteiger partial charge >= 0.3 is 137 Å². The first kappa shape index (κ1) is 79.4. The van der Waals surface area contributed by atoms with E-state index in [1.807, 2.05) is 0 Å². The molecule has 0 fully saturated rings. The first-order valence-corrected chi connectivity index (χ1v) is 81.0. The van der Waals surface area contributed by atoms with Gasteiger partial charge in [0.15, 0.2) is 16.6 Å². The lowest BCUT2D eigenvalue weighted by molar-refractivity contribution is 0.250. The molecule has 0 aromatic heterocycles. The Kier molecular flexibility index (Phi) is 28.0. The van der Waals surface area contributed by atoms with Crippen LogP contribution in [0.3, 0.4) is 0 Å². The van der Waals surface area contributed by atoms with Crippen LogP contribution in [-0.2, 0) is 74.1 Å². The molecule has 0 heterocycles. The van der Waals surface area contributed by atoms with E-state index in [-0.39, 0.29) is 0 Å². The van der Waals surface area contributed by atoms with Crippen LogP contribution in [0.15, 0.2) is 0 Å². The lowest BCUT2D eigenvalue weighted by atomic mass is 11.8. The van der Waals surface area contributed by atoms with Gasteiger partial charge in [0.1, 0.15) is 0 Å². The lowest BCUT2D eigenvalue weighted by Gasteiger charge is -2.45. The smallest absolute Gasteiger partial charge is 0.314 e. The van der Waals surface area contributed by atoms with Crippen LogP contribution in [0.5, 0.6) is 0 Å². The highest BCUT2D eigenvalue weighted by Crippen LogP contribution is 2.34. The third-order valence-corrected chi connectivity index (χ3v) is 80.1. The van der Waals surface area contributed by atoms with Crippen molar-refractivity contribution in [2.75, 3.05) is 0 Å². The first-order valence-electron chi connectivity index (χ1n) is 27.0. The molecule has 1 atom stereocenters. The summed E-state index contributed by atoms with van der Waals surface area (Å²) < 4.78 is 122. The molecule has 37 heteroatoms. The van der Waals surface area contributed by atoms with E-state index >= 15 is 0 Å². The van der Waals surface area contributed by atoms with E-state index in [2.05, 4.69) is 255 Å². The molecule has 0 aromatic rings. The second-order valence-corrected chi connectivity index (χ2v) is 98.4. The highest BCUT2D eigenvalue weighted by atomic mass is 28.5. The minimum absolute atomic E-state index is 1.72. The summed E-state index contributed by atoms with van der Waals surface area (Å²) in [4.78, 5) is 0. The Morgan fingerprint density at radius 3 is 0.382 bits per heavy atom. The van der Waals surface area contributed by atoms with Crippen molar-refractivity contribution in [1.29, 1.82) is 0 Å². The van der Waals surface area contributed by atoms with Crippen molar-refractivity contribution in [3.05, 3.63) is 0 Å². The van der Waals surface area contributed by atoms with Crippen LogP contribution in [0.25, 0.3) is 0 Å². The predicted molar refractivity (Wildman–Crippen MR) is 359 cm³/mol. The van der Waals surface area contributed by atoms with Crippen LogP contribution in [0.2, 0.25) is 255 Å². The highest BCUT2D eigenvalue weighted by Gasteiger charge is 2.54. The van der Waals surface area contributed by atoms with Gasteiger partial charge in [-0.1, -0.05) is 0 Å². The van der Waals surface area contributed by atoms with Crippen molar-refractivity contribution in [2.45, 2.75) is 255 Å². The van der Waals surface area contributed by atoms with Gasteiger partial charge in [0, 0.05) is 0 Å². The third kappa shape index (κ3) is 37.7. The molecule has 0 aliphatic rings. The van der Waals surface area contributed by atoms with Gasteiger partial charge in [-0.25, -0.2) is 0 Å². The summed E-state index contributed by atoms with van der Waals surface area (Å²) in [6.07, 6.45) is 0. The Hall–Kier alpha value is 3.40. The average Bonchev–Trinajstić information content (AvgIpc) is 2.87. The molecule has 0 aromatic carbocycles. The number of hydrogen-bond donors (Lipinski definition) is 0. The molecular formula is C39H118O18Si19. The maximum absolute atomic E-state index is 6.93. The summed E-state index contributed by atoms with van der Waals surface area (Å²) in [5.41, 5.74) is 0. The Bertz CT molecular complexity index is 1840. The number of hydrogen-bond acceptors (Lipinski definition) is 18. The molecule has 0 amide bonds. The minimum Gasteiger partial charge on any atom is -0.439 e. The molecule has 0 rings (SSSR count). The zero-order chi connectivity index (χ0) is 61.3. The molecule has 0 bridgehead atoms. The van der Waals surface area contributed by atoms with E-state index in [1.54, 1.807) is 0 Å².